The fraction of sp³-hybridized carbons (Fsp3) is 0.222. The van der Waals surface area contributed by atoms with Crippen LogP contribution in [-0.2, 0) is 6.18 Å². The number of nitrogens with one attached hydrogen (secondary N) is 1. The molecule has 1 unspecified atom stereocenters. The van der Waals surface area contributed by atoms with Gasteiger partial charge in [0.15, 0.2) is 11.3 Å². The number of ether oxygens (including phenoxy) is 1. The molecule has 0 fully saturated rings. The van der Waals surface area contributed by atoms with Gasteiger partial charge in [0, 0.05) is 5.56 Å². The van der Waals surface area contributed by atoms with E-state index in [1.807, 2.05) is 0 Å². The smallest absolute Gasteiger partial charge is 0.433 e. The normalized spacial score (nSPS) is 12.8. The minimum atomic E-state index is -4.79. The number of hydrogen-bond acceptors (Lipinski definition) is 5. The second-order valence-electron chi connectivity index (χ2n) is 6.04. The summed E-state index contributed by atoms with van der Waals surface area (Å²) in [7, 11) is 0. The number of aromatic nitrogens is 3. The first-order valence-corrected chi connectivity index (χ1v) is 8.05. The molecule has 28 heavy (non-hydrogen) atoms. The number of halogens is 3. The molecule has 0 spiro atoms. The zero-order chi connectivity index (χ0) is 20.6. The number of rotatable bonds is 4. The Kier molecular flexibility index (Phi) is 4.80. The highest BCUT2D eigenvalue weighted by Crippen LogP contribution is 2.35. The van der Waals surface area contributed by atoms with Crippen LogP contribution in [0.1, 0.15) is 40.5 Å². The number of carboxylic acids is 1. The quantitative estimate of drug-likeness (QED) is 0.703. The predicted molar refractivity (Wildman–Crippen MR) is 92.3 cm³/mol. The van der Waals surface area contributed by atoms with Gasteiger partial charge in [0.25, 0.3) is 5.56 Å². The van der Waals surface area contributed by atoms with Crippen molar-refractivity contribution in [2.24, 2.45) is 0 Å². The summed E-state index contributed by atoms with van der Waals surface area (Å²) in [6, 6.07) is 6.27. The van der Waals surface area contributed by atoms with Crippen LogP contribution in [0.15, 0.2) is 35.1 Å². The molecule has 1 atom stereocenters. The van der Waals surface area contributed by atoms with E-state index in [9.17, 15) is 22.8 Å². The van der Waals surface area contributed by atoms with Crippen LogP contribution in [0.25, 0.3) is 11.0 Å². The van der Waals surface area contributed by atoms with Gasteiger partial charge in [0.05, 0.1) is 10.9 Å². The van der Waals surface area contributed by atoms with Crippen molar-refractivity contribution in [1.82, 2.24) is 15.0 Å². The summed E-state index contributed by atoms with van der Waals surface area (Å²) in [6.07, 6.45) is -5.91. The molecule has 0 amide bonds. The lowest BCUT2D eigenvalue weighted by Gasteiger charge is -2.19. The summed E-state index contributed by atoms with van der Waals surface area (Å²) in [4.78, 5) is 32.8. The third-order valence-corrected chi connectivity index (χ3v) is 3.97. The zero-order valence-corrected chi connectivity index (χ0v) is 14.7. The molecule has 0 bridgehead atoms. The van der Waals surface area contributed by atoms with Crippen LogP contribution >= 0.6 is 0 Å². The molecular weight excluding hydrogens is 379 g/mol. The third kappa shape index (κ3) is 3.80. The van der Waals surface area contributed by atoms with Crippen molar-refractivity contribution in [3.63, 3.8) is 0 Å². The van der Waals surface area contributed by atoms with Gasteiger partial charge in [-0.05, 0) is 44.2 Å². The molecule has 0 aliphatic rings. The van der Waals surface area contributed by atoms with Crippen LogP contribution in [0.5, 0.6) is 5.75 Å². The minimum absolute atomic E-state index is 0.0105. The molecule has 2 heterocycles. The minimum Gasteiger partial charge on any atom is -0.486 e. The van der Waals surface area contributed by atoms with Crippen LogP contribution in [0, 0.1) is 6.92 Å². The number of aryl methyl sites for hydroxylation is 1. The van der Waals surface area contributed by atoms with Crippen molar-refractivity contribution in [3.05, 3.63) is 63.3 Å². The van der Waals surface area contributed by atoms with E-state index in [1.165, 1.54) is 38.1 Å². The molecule has 2 N–H and O–H groups in total. The first-order valence-electron chi connectivity index (χ1n) is 8.05. The highest BCUT2D eigenvalue weighted by molar-refractivity contribution is 5.87. The Bertz CT molecular complexity index is 1110. The Hall–Kier alpha value is -3.43. The Balaban J connectivity index is 2.06. The number of H-pyrrole nitrogens is 1. The van der Waals surface area contributed by atoms with Crippen molar-refractivity contribution in [1.29, 1.82) is 0 Å². The van der Waals surface area contributed by atoms with E-state index in [0.717, 1.165) is 6.07 Å². The molecule has 2 aromatic heterocycles. The first-order chi connectivity index (χ1) is 13.1. The number of carbonyl (C=O) groups is 1. The first kappa shape index (κ1) is 19.3. The molecule has 3 rings (SSSR count). The monoisotopic (exact) mass is 393 g/mol. The Morgan fingerprint density at radius 3 is 2.43 bits per heavy atom. The lowest BCUT2D eigenvalue weighted by atomic mass is 10.1. The highest BCUT2D eigenvalue weighted by atomic mass is 19.4. The molecule has 0 radical (unpaired) electrons. The van der Waals surface area contributed by atoms with E-state index in [4.69, 9.17) is 9.84 Å². The molecule has 10 heteroatoms. The van der Waals surface area contributed by atoms with Gasteiger partial charge in [-0.3, -0.25) is 4.79 Å². The summed E-state index contributed by atoms with van der Waals surface area (Å²) in [5.74, 6) is -0.824. The van der Waals surface area contributed by atoms with Crippen LogP contribution in [0.3, 0.4) is 0 Å². The van der Waals surface area contributed by atoms with Gasteiger partial charge in [-0.1, -0.05) is 0 Å². The molecule has 0 aliphatic heterocycles. The number of nitrogens with zero attached hydrogens (tertiary/aromatic N) is 2. The molecular formula is C18H14F3N3O4. The van der Waals surface area contributed by atoms with E-state index in [2.05, 4.69) is 15.0 Å². The number of pyridine rings is 1. The average molecular weight is 393 g/mol. The largest absolute Gasteiger partial charge is 0.486 e. The van der Waals surface area contributed by atoms with Gasteiger partial charge in [-0.25, -0.2) is 14.8 Å². The number of carboxylic acid groups (broad SMARTS) is 1. The molecule has 146 valence electrons. The lowest BCUT2D eigenvalue weighted by molar-refractivity contribution is -0.142. The Morgan fingerprint density at radius 1 is 1.21 bits per heavy atom. The maximum Gasteiger partial charge on any atom is 0.433 e. The van der Waals surface area contributed by atoms with E-state index in [1.54, 1.807) is 0 Å². The number of aromatic amines is 1. The molecule has 0 aliphatic carbocycles. The van der Waals surface area contributed by atoms with Crippen molar-refractivity contribution < 1.29 is 27.8 Å². The van der Waals surface area contributed by atoms with Gasteiger partial charge in [-0.2, -0.15) is 13.2 Å². The number of fused-ring (bicyclic) bond motifs is 1. The second kappa shape index (κ2) is 6.95. The SMILES string of the molecule is Cc1nc2nc(C(F)(F)F)c(C(C)Oc3ccc(C(=O)O)cc3)cc2c(=O)[nH]1. The van der Waals surface area contributed by atoms with Crippen LogP contribution < -0.4 is 10.3 Å². The van der Waals surface area contributed by atoms with Gasteiger partial charge in [0.1, 0.15) is 17.7 Å². The van der Waals surface area contributed by atoms with Crippen molar-refractivity contribution in [2.45, 2.75) is 26.1 Å². The number of alkyl halides is 3. The van der Waals surface area contributed by atoms with Crippen LogP contribution in [0.4, 0.5) is 13.2 Å². The van der Waals surface area contributed by atoms with Crippen molar-refractivity contribution in [3.8, 4) is 5.75 Å². The molecule has 7 nitrogen and oxygen atoms in total. The predicted octanol–water partition coefficient (Wildman–Crippen LogP) is 3.48. The molecule has 1 aromatic carbocycles. The number of hydrogen-bond donors (Lipinski definition) is 2. The van der Waals surface area contributed by atoms with E-state index in [-0.39, 0.29) is 33.7 Å². The third-order valence-electron chi connectivity index (χ3n) is 3.97. The van der Waals surface area contributed by atoms with Gasteiger partial charge >= 0.3 is 12.1 Å². The molecule has 0 saturated carbocycles. The fourth-order valence-corrected chi connectivity index (χ4v) is 2.67. The second-order valence-corrected chi connectivity index (χ2v) is 6.04. The topological polar surface area (TPSA) is 105 Å². The lowest BCUT2D eigenvalue weighted by Crippen LogP contribution is -2.19. The zero-order valence-electron chi connectivity index (χ0n) is 14.7. The van der Waals surface area contributed by atoms with Crippen molar-refractivity contribution in [2.75, 3.05) is 0 Å². The number of aromatic carboxylic acids is 1. The summed E-state index contributed by atoms with van der Waals surface area (Å²) >= 11 is 0. The number of benzene rings is 1. The van der Waals surface area contributed by atoms with Crippen LogP contribution in [-0.4, -0.2) is 26.0 Å². The van der Waals surface area contributed by atoms with Crippen LogP contribution in [0.2, 0.25) is 0 Å². The van der Waals surface area contributed by atoms with Gasteiger partial charge in [0.2, 0.25) is 0 Å². The molecule has 0 saturated heterocycles. The average Bonchev–Trinajstić information content (AvgIpc) is 2.60. The fourth-order valence-electron chi connectivity index (χ4n) is 2.67. The summed E-state index contributed by atoms with van der Waals surface area (Å²) in [5, 5.41) is 8.80. The van der Waals surface area contributed by atoms with E-state index < -0.39 is 29.5 Å². The highest BCUT2D eigenvalue weighted by Gasteiger charge is 2.38. The summed E-state index contributed by atoms with van der Waals surface area (Å²) in [5.41, 5.74) is -2.44. The maximum absolute atomic E-state index is 13.5. The van der Waals surface area contributed by atoms with E-state index in [0.29, 0.717) is 0 Å². The van der Waals surface area contributed by atoms with Gasteiger partial charge in [-0.15, -0.1) is 0 Å². The Labute approximate surface area is 155 Å². The van der Waals surface area contributed by atoms with E-state index >= 15 is 0 Å². The van der Waals surface area contributed by atoms with Gasteiger partial charge < -0.3 is 14.8 Å². The van der Waals surface area contributed by atoms with Crippen molar-refractivity contribution >= 4 is 17.0 Å². The molecule has 3 aromatic rings. The Morgan fingerprint density at radius 2 is 1.86 bits per heavy atom. The standard InChI is InChI=1S/C18H14F3N3O4/c1-8(28-11-5-3-10(4-6-11)17(26)27)12-7-13-15(22-9(2)23-16(13)25)24-14(12)18(19,20)21/h3-8H,1-2H3,(H,26,27)(H,22,23,24,25). The summed E-state index contributed by atoms with van der Waals surface area (Å²) in [6.45, 7) is 2.81. The summed E-state index contributed by atoms with van der Waals surface area (Å²) < 4.78 is 46.1. The maximum atomic E-state index is 13.5.